The second-order valence-corrected chi connectivity index (χ2v) is 9.45. The van der Waals surface area contributed by atoms with Crippen LogP contribution in [0.4, 0.5) is 11.4 Å². The number of nitrogens with zero attached hydrogens (tertiary/aromatic N) is 3. The average molecular weight is 576 g/mol. The van der Waals surface area contributed by atoms with Crippen LogP contribution < -0.4 is 0 Å². The number of aliphatic hydroxyl groups is 1. The molecule has 1 aliphatic rings. The van der Waals surface area contributed by atoms with E-state index in [1.54, 1.807) is 18.7 Å². The molecule has 3 aromatic carbocycles. The molecule has 42 heavy (non-hydrogen) atoms. The molecule has 0 aliphatic carbocycles. The molecule has 1 aliphatic heterocycles. The smallest absolute Gasteiger partial charge is 0.339 e. The minimum absolute atomic E-state index is 0.00516. The SMILES string of the molecule is CCOC(=O)C1=C(O)C(C(=O)OCC)[C@H](c2ccc([N+](=O)[O-])cc2)N(Cc2ccccc2)[C@H]1c1ccc([N+](=O)[O-])cc1. The van der Waals surface area contributed by atoms with Gasteiger partial charge in [-0.1, -0.05) is 54.6 Å². The summed E-state index contributed by atoms with van der Waals surface area (Å²) in [5.41, 5.74) is 1.10. The summed E-state index contributed by atoms with van der Waals surface area (Å²) in [6, 6.07) is 18.3. The largest absolute Gasteiger partial charge is 0.511 e. The summed E-state index contributed by atoms with van der Waals surface area (Å²) >= 11 is 0. The number of non-ortho nitro benzene ring substituents is 2. The Balaban J connectivity index is 2.03. The Kier molecular flexibility index (Phi) is 9.28. The van der Waals surface area contributed by atoms with E-state index in [2.05, 4.69) is 0 Å². The van der Waals surface area contributed by atoms with Crippen LogP contribution >= 0.6 is 0 Å². The molecule has 218 valence electrons. The molecule has 3 aromatic rings. The summed E-state index contributed by atoms with van der Waals surface area (Å²) in [5, 5.41) is 34.4. The first kappa shape index (κ1) is 29.9. The van der Waals surface area contributed by atoms with Gasteiger partial charge < -0.3 is 14.6 Å². The van der Waals surface area contributed by atoms with Crippen LogP contribution in [0.15, 0.2) is 90.2 Å². The van der Waals surface area contributed by atoms with E-state index < -0.39 is 45.5 Å². The predicted molar refractivity (Wildman–Crippen MR) is 150 cm³/mol. The summed E-state index contributed by atoms with van der Waals surface area (Å²) in [6.07, 6.45) is 0. The van der Waals surface area contributed by atoms with Gasteiger partial charge >= 0.3 is 11.9 Å². The Morgan fingerprint density at radius 1 is 0.810 bits per heavy atom. The monoisotopic (exact) mass is 575 g/mol. The zero-order chi connectivity index (χ0) is 30.4. The number of carbonyl (C=O) groups excluding carboxylic acids is 2. The van der Waals surface area contributed by atoms with E-state index in [0.717, 1.165) is 5.56 Å². The number of hydrogen-bond acceptors (Lipinski definition) is 10. The van der Waals surface area contributed by atoms with Gasteiger partial charge in [-0.2, -0.15) is 0 Å². The zero-order valence-corrected chi connectivity index (χ0v) is 22.9. The van der Waals surface area contributed by atoms with Gasteiger partial charge in [0.05, 0.1) is 40.7 Å². The van der Waals surface area contributed by atoms with E-state index in [1.165, 1.54) is 48.5 Å². The van der Waals surface area contributed by atoms with Crippen molar-refractivity contribution in [2.45, 2.75) is 32.5 Å². The molecule has 0 aromatic heterocycles. The molecule has 0 fully saturated rings. The maximum atomic E-state index is 13.5. The van der Waals surface area contributed by atoms with Crippen molar-refractivity contribution in [3.8, 4) is 0 Å². The van der Waals surface area contributed by atoms with E-state index in [0.29, 0.717) is 11.1 Å². The number of hydrogen-bond donors (Lipinski definition) is 1. The highest BCUT2D eigenvalue weighted by Crippen LogP contribution is 2.49. The van der Waals surface area contributed by atoms with E-state index in [-0.39, 0.29) is 36.7 Å². The molecule has 1 unspecified atom stereocenters. The van der Waals surface area contributed by atoms with E-state index in [4.69, 9.17) is 9.47 Å². The van der Waals surface area contributed by atoms with Crippen LogP contribution in [0.2, 0.25) is 0 Å². The van der Waals surface area contributed by atoms with Crippen LogP contribution in [0.5, 0.6) is 0 Å². The lowest BCUT2D eigenvalue weighted by Gasteiger charge is -2.46. The first-order valence-electron chi connectivity index (χ1n) is 13.2. The molecule has 0 spiro atoms. The minimum atomic E-state index is -1.40. The van der Waals surface area contributed by atoms with Crippen molar-refractivity contribution in [2.75, 3.05) is 13.2 Å². The van der Waals surface area contributed by atoms with Crippen LogP contribution in [0, 0.1) is 26.1 Å². The summed E-state index contributed by atoms with van der Waals surface area (Å²) in [4.78, 5) is 50.4. The maximum absolute atomic E-state index is 13.5. The summed E-state index contributed by atoms with van der Waals surface area (Å²) < 4.78 is 10.7. The number of rotatable bonds is 10. The number of aliphatic hydroxyl groups excluding tert-OH is 1. The van der Waals surface area contributed by atoms with Crippen molar-refractivity contribution in [3.63, 3.8) is 0 Å². The van der Waals surface area contributed by atoms with Gasteiger partial charge in [0.15, 0.2) is 0 Å². The van der Waals surface area contributed by atoms with E-state index in [9.17, 15) is 34.9 Å². The fourth-order valence-corrected chi connectivity index (χ4v) is 5.17. The molecular formula is C30H29N3O9. The van der Waals surface area contributed by atoms with Crippen LogP contribution in [-0.2, 0) is 25.6 Å². The zero-order valence-electron chi connectivity index (χ0n) is 22.9. The number of carbonyl (C=O) groups is 2. The van der Waals surface area contributed by atoms with Crippen molar-refractivity contribution in [2.24, 2.45) is 5.92 Å². The van der Waals surface area contributed by atoms with Crippen LogP contribution in [0.3, 0.4) is 0 Å². The number of nitro groups is 2. The van der Waals surface area contributed by atoms with Gasteiger partial charge in [0.1, 0.15) is 11.7 Å². The first-order chi connectivity index (χ1) is 20.2. The maximum Gasteiger partial charge on any atom is 0.339 e. The van der Waals surface area contributed by atoms with Crippen LogP contribution in [0.1, 0.15) is 42.6 Å². The molecule has 3 atom stereocenters. The molecule has 0 radical (unpaired) electrons. The lowest BCUT2D eigenvalue weighted by atomic mass is 9.78. The Labute approximate surface area is 241 Å². The van der Waals surface area contributed by atoms with Gasteiger partial charge in [-0.15, -0.1) is 0 Å². The van der Waals surface area contributed by atoms with Crippen molar-refractivity contribution in [1.82, 2.24) is 4.90 Å². The second kappa shape index (κ2) is 13.0. The van der Waals surface area contributed by atoms with Gasteiger partial charge in [-0.05, 0) is 30.5 Å². The van der Waals surface area contributed by atoms with Gasteiger partial charge in [0.25, 0.3) is 11.4 Å². The van der Waals surface area contributed by atoms with Crippen LogP contribution in [0.25, 0.3) is 0 Å². The topological polar surface area (TPSA) is 162 Å². The molecule has 4 rings (SSSR count). The standard InChI is InChI=1S/C30H29N3O9/c1-3-41-29(35)24-26(20-10-14-22(15-11-20)32(37)38)31(18-19-8-6-5-7-9-19)27(25(28(24)34)30(36)42-4-2)21-12-16-23(17-13-21)33(39)40/h5-17,24,26-27,34H,3-4,18H2,1-2H3/t24?,26-,27-/m0/s1. The van der Waals surface area contributed by atoms with Crippen molar-refractivity contribution < 1.29 is 34.0 Å². The number of esters is 2. The highest BCUT2D eigenvalue weighted by Gasteiger charge is 2.50. The Morgan fingerprint density at radius 3 is 1.83 bits per heavy atom. The molecular weight excluding hydrogens is 546 g/mol. The Hall–Kier alpha value is -5.10. The molecule has 1 heterocycles. The third-order valence-electron chi connectivity index (χ3n) is 6.96. The number of nitro benzene ring substituents is 2. The molecule has 0 amide bonds. The average Bonchev–Trinajstić information content (AvgIpc) is 2.98. The predicted octanol–water partition coefficient (Wildman–Crippen LogP) is 5.36. The summed E-state index contributed by atoms with van der Waals surface area (Å²) in [7, 11) is 0. The van der Waals surface area contributed by atoms with Gasteiger partial charge in [-0.3, -0.25) is 29.9 Å². The van der Waals surface area contributed by atoms with Gasteiger partial charge in [0, 0.05) is 30.8 Å². The van der Waals surface area contributed by atoms with E-state index in [1.807, 2.05) is 30.3 Å². The quantitative estimate of drug-likeness (QED) is 0.189. The van der Waals surface area contributed by atoms with Crippen molar-refractivity contribution >= 4 is 23.3 Å². The van der Waals surface area contributed by atoms with Gasteiger partial charge in [-0.25, -0.2) is 4.79 Å². The minimum Gasteiger partial charge on any atom is -0.511 e. The van der Waals surface area contributed by atoms with Crippen molar-refractivity contribution in [1.29, 1.82) is 0 Å². The normalized spacial score (nSPS) is 18.8. The lowest BCUT2D eigenvalue weighted by molar-refractivity contribution is -0.385. The summed E-state index contributed by atoms with van der Waals surface area (Å²) in [6.45, 7) is 3.34. The molecule has 0 bridgehead atoms. The highest BCUT2D eigenvalue weighted by atomic mass is 16.6. The second-order valence-electron chi connectivity index (χ2n) is 9.45. The molecule has 12 nitrogen and oxygen atoms in total. The van der Waals surface area contributed by atoms with E-state index >= 15 is 0 Å². The Bertz CT molecular complexity index is 1490. The third-order valence-corrected chi connectivity index (χ3v) is 6.96. The molecule has 0 saturated heterocycles. The van der Waals surface area contributed by atoms with Crippen molar-refractivity contribution in [3.05, 3.63) is 127 Å². The lowest BCUT2D eigenvalue weighted by Crippen LogP contribution is -2.47. The molecule has 0 saturated carbocycles. The third kappa shape index (κ3) is 6.13. The summed E-state index contributed by atoms with van der Waals surface area (Å²) in [5.74, 6) is -3.64. The van der Waals surface area contributed by atoms with Gasteiger partial charge in [0.2, 0.25) is 0 Å². The number of ether oxygens (including phenoxy) is 2. The molecule has 1 N–H and O–H groups in total. The molecule has 12 heteroatoms. The fourth-order valence-electron chi connectivity index (χ4n) is 5.17. The van der Waals surface area contributed by atoms with Crippen LogP contribution in [-0.4, -0.2) is 45.0 Å². The number of benzene rings is 3. The first-order valence-corrected chi connectivity index (χ1v) is 13.2. The Morgan fingerprint density at radius 2 is 1.33 bits per heavy atom. The fraction of sp³-hybridized carbons (Fsp3) is 0.267. The highest BCUT2D eigenvalue weighted by molar-refractivity contribution is 5.93.